The summed E-state index contributed by atoms with van der Waals surface area (Å²) in [7, 11) is -2.93. The van der Waals surface area contributed by atoms with E-state index < -0.39 is 9.84 Å². The fourth-order valence-electron chi connectivity index (χ4n) is 1.30. The summed E-state index contributed by atoms with van der Waals surface area (Å²) in [5.74, 6) is -0.0482. The summed E-state index contributed by atoms with van der Waals surface area (Å²) in [5.41, 5.74) is 5.62. The van der Waals surface area contributed by atoms with Crippen molar-refractivity contribution in [3.05, 3.63) is 0 Å². The van der Waals surface area contributed by atoms with Crippen LogP contribution >= 0.6 is 0 Å². The molecule has 0 radical (unpaired) electrons. The van der Waals surface area contributed by atoms with Crippen LogP contribution in [0.2, 0.25) is 0 Å². The van der Waals surface area contributed by atoms with E-state index in [4.69, 9.17) is 11.0 Å². The average Bonchev–Trinajstić information content (AvgIpc) is 2.13. The minimum atomic E-state index is -2.93. The fraction of sp³-hybridized carbons (Fsp3) is 0.857. The summed E-state index contributed by atoms with van der Waals surface area (Å²) < 4.78 is 22.2. The predicted octanol–water partition coefficient (Wildman–Crippen LogP) is -0.338. The maximum Gasteiger partial charge on any atom is 0.150 e. The number of sulfone groups is 1. The second kappa shape index (κ2) is 3.42. The number of hydrogen-bond acceptors (Lipinski definition) is 4. The number of nitriles is 1. The van der Waals surface area contributed by atoms with Gasteiger partial charge in [-0.3, -0.25) is 0 Å². The fourth-order valence-corrected chi connectivity index (χ4v) is 2.75. The molecule has 2 N–H and O–H groups in total. The lowest BCUT2D eigenvalue weighted by Crippen LogP contribution is -2.28. The van der Waals surface area contributed by atoms with Gasteiger partial charge in [-0.05, 0) is 12.8 Å². The quantitative estimate of drug-likeness (QED) is 0.563. The lowest BCUT2D eigenvalue weighted by Gasteiger charge is -2.11. The van der Waals surface area contributed by atoms with Gasteiger partial charge in [0.05, 0.1) is 23.5 Å². The molecule has 2 atom stereocenters. The third-order valence-electron chi connectivity index (χ3n) is 2.18. The highest BCUT2D eigenvalue weighted by Crippen LogP contribution is 2.16. The second-order valence-electron chi connectivity index (χ2n) is 3.13. The SMILES string of the molecule is N#C[C@H]1CCS(=O)(=O)CC[C@H]1N. The van der Waals surface area contributed by atoms with Crippen LogP contribution < -0.4 is 5.73 Å². The van der Waals surface area contributed by atoms with E-state index in [9.17, 15) is 8.42 Å². The van der Waals surface area contributed by atoms with E-state index in [0.29, 0.717) is 12.8 Å². The van der Waals surface area contributed by atoms with E-state index in [0.717, 1.165) is 0 Å². The normalized spacial score (nSPS) is 35.0. The van der Waals surface area contributed by atoms with Crippen molar-refractivity contribution < 1.29 is 8.42 Å². The van der Waals surface area contributed by atoms with Gasteiger partial charge in [0.2, 0.25) is 0 Å². The Morgan fingerprint density at radius 1 is 1.33 bits per heavy atom. The van der Waals surface area contributed by atoms with Gasteiger partial charge in [0, 0.05) is 6.04 Å². The van der Waals surface area contributed by atoms with Crippen LogP contribution in [0, 0.1) is 17.2 Å². The van der Waals surface area contributed by atoms with Crippen LogP contribution in [-0.2, 0) is 9.84 Å². The average molecular weight is 188 g/mol. The van der Waals surface area contributed by atoms with Gasteiger partial charge < -0.3 is 5.73 Å². The molecule has 0 bridgehead atoms. The molecule has 1 heterocycles. The molecule has 5 heteroatoms. The molecule has 1 aliphatic heterocycles. The van der Waals surface area contributed by atoms with Crippen molar-refractivity contribution in [1.29, 1.82) is 5.26 Å². The Hall–Kier alpha value is -0.600. The van der Waals surface area contributed by atoms with Gasteiger partial charge >= 0.3 is 0 Å². The predicted molar refractivity (Wildman–Crippen MR) is 45.0 cm³/mol. The van der Waals surface area contributed by atoms with Crippen LogP contribution in [0.5, 0.6) is 0 Å². The Morgan fingerprint density at radius 3 is 2.50 bits per heavy atom. The summed E-state index contributed by atoms with van der Waals surface area (Å²) in [6.45, 7) is 0. The van der Waals surface area contributed by atoms with E-state index in [-0.39, 0.29) is 23.5 Å². The van der Waals surface area contributed by atoms with Gasteiger partial charge in [0.1, 0.15) is 9.84 Å². The van der Waals surface area contributed by atoms with Gasteiger partial charge in [-0.25, -0.2) is 8.42 Å². The van der Waals surface area contributed by atoms with Gasteiger partial charge in [-0.1, -0.05) is 0 Å². The maximum absolute atomic E-state index is 11.1. The Bertz CT molecular complexity index is 291. The van der Waals surface area contributed by atoms with E-state index in [1.807, 2.05) is 6.07 Å². The van der Waals surface area contributed by atoms with E-state index in [1.54, 1.807) is 0 Å². The van der Waals surface area contributed by atoms with Gasteiger partial charge in [-0.2, -0.15) is 5.26 Å². The van der Waals surface area contributed by atoms with Gasteiger partial charge in [0.25, 0.3) is 0 Å². The highest BCUT2D eigenvalue weighted by atomic mass is 32.2. The van der Waals surface area contributed by atoms with Gasteiger partial charge in [-0.15, -0.1) is 0 Å². The first-order chi connectivity index (χ1) is 5.55. The van der Waals surface area contributed by atoms with E-state index in [1.165, 1.54) is 0 Å². The molecule has 0 aromatic rings. The Labute approximate surface area is 72.3 Å². The summed E-state index contributed by atoms with van der Waals surface area (Å²) in [4.78, 5) is 0. The Morgan fingerprint density at radius 2 is 1.92 bits per heavy atom. The molecule has 0 amide bonds. The monoisotopic (exact) mass is 188 g/mol. The van der Waals surface area contributed by atoms with Crippen LogP contribution in [-0.4, -0.2) is 26.0 Å². The first kappa shape index (κ1) is 9.49. The van der Waals surface area contributed by atoms with Crippen LogP contribution in [0.4, 0.5) is 0 Å². The van der Waals surface area contributed by atoms with E-state index in [2.05, 4.69) is 0 Å². The van der Waals surface area contributed by atoms with Crippen molar-refractivity contribution in [1.82, 2.24) is 0 Å². The molecule has 12 heavy (non-hydrogen) atoms. The van der Waals surface area contributed by atoms with Crippen molar-refractivity contribution in [3.8, 4) is 6.07 Å². The number of nitrogens with zero attached hydrogens (tertiary/aromatic N) is 1. The topological polar surface area (TPSA) is 84.0 Å². The molecular formula is C7H12N2O2S. The van der Waals surface area contributed by atoms with Crippen LogP contribution in [0.1, 0.15) is 12.8 Å². The summed E-state index contributed by atoms with van der Waals surface area (Å²) in [5, 5.41) is 8.63. The zero-order valence-corrected chi connectivity index (χ0v) is 7.55. The molecule has 4 nitrogen and oxygen atoms in total. The lowest BCUT2D eigenvalue weighted by atomic mass is 9.98. The lowest BCUT2D eigenvalue weighted by molar-refractivity contribution is 0.499. The molecule has 0 aromatic carbocycles. The maximum atomic E-state index is 11.1. The smallest absolute Gasteiger partial charge is 0.150 e. The molecule has 0 aromatic heterocycles. The molecule has 1 fully saturated rings. The number of rotatable bonds is 0. The highest BCUT2D eigenvalue weighted by molar-refractivity contribution is 7.91. The zero-order chi connectivity index (χ0) is 9.19. The first-order valence-corrected chi connectivity index (χ1v) is 5.73. The van der Waals surface area contributed by atoms with Crippen LogP contribution in [0.3, 0.4) is 0 Å². The van der Waals surface area contributed by atoms with Crippen molar-refractivity contribution in [2.24, 2.45) is 11.7 Å². The summed E-state index contributed by atoms with van der Waals surface area (Å²) >= 11 is 0. The summed E-state index contributed by atoms with van der Waals surface area (Å²) in [6.07, 6.45) is 0.806. The van der Waals surface area contributed by atoms with Crippen molar-refractivity contribution in [2.45, 2.75) is 18.9 Å². The Balaban J connectivity index is 2.73. The van der Waals surface area contributed by atoms with Gasteiger partial charge in [0.15, 0.2) is 0 Å². The molecule has 0 unspecified atom stereocenters. The third kappa shape index (κ3) is 2.19. The number of nitrogens with two attached hydrogens (primary N) is 1. The second-order valence-corrected chi connectivity index (χ2v) is 5.43. The Kier molecular flexibility index (Phi) is 2.70. The minimum absolute atomic E-state index is 0.110. The minimum Gasteiger partial charge on any atom is -0.326 e. The molecule has 1 rings (SSSR count). The number of hydrogen-bond donors (Lipinski definition) is 1. The zero-order valence-electron chi connectivity index (χ0n) is 6.73. The van der Waals surface area contributed by atoms with Crippen molar-refractivity contribution in [2.75, 3.05) is 11.5 Å². The molecule has 68 valence electrons. The molecule has 0 aliphatic carbocycles. The third-order valence-corrected chi connectivity index (χ3v) is 3.90. The largest absolute Gasteiger partial charge is 0.326 e. The van der Waals surface area contributed by atoms with Crippen molar-refractivity contribution in [3.63, 3.8) is 0 Å². The van der Waals surface area contributed by atoms with E-state index >= 15 is 0 Å². The molecule has 1 aliphatic rings. The summed E-state index contributed by atoms with van der Waals surface area (Å²) in [6, 6.07) is 1.77. The highest BCUT2D eigenvalue weighted by Gasteiger charge is 2.26. The van der Waals surface area contributed by atoms with Crippen molar-refractivity contribution >= 4 is 9.84 Å². The van der Waals surface area contributed by atoms with Crippen LogP contribution in [0.15, 0.2) is 0 Å². The molecule has 0 spiro atoms. The first-order valence-electron chi connectivity index (χ1n) is 3.91. The molecule has 0 saturated carbocycles. The van der Waals surface area contributed by atoms with Crippen LogP contribution in [0.25, 0.3) is 0 Å². The molecule has 1 saturated heterocycles. The molecular weight excluding hydrogens is 176 g/mol. The standard InChI is InChI=1S/C7H12N2O2S/c8-5-6-1-3-12(10,11)4-2-7(6)9/h6-7H,1-4,9H2/t6-,7-/m1/s1.